The van der Waals surface area contributed by atoms with Gasteiger partial charge in [0.25, 0.3) is 11.8 Å². The summed E-state index contributed by atoms with van der Waals surface area (Å²) < 4.78 is 6.88. The molecule has 2 aromatic heterocycles. The molecule has 0 bridgehead atoms. The molecule has 0 aliphatic carbocycles. The maximum atomic E-state index is 12.5. The summed E-state index contributed by atoms with van der Waals surface area (Å²) >= 11 is 0. The zero-order valence-electron chi connectivity index (χ0n) is 15.8. The molecule has 148 valence electrons. The fraction of sp³-hybridized carbons (Fsp3) is 0.250. The lowest BCUT2D eigenvalue weighted by atomic mass is 9.89. The minimum atomic E-state index is -0.391. The lowest BCUT2D eigenvalue weighted by Gasteiger charge is -2.37. The number of hydrogen-bond acceptors (Lipinski definition) is 6. The van der Waals surface area contributed by atoms with Crippen molar-refractivity contribution >= 4 is 23.2 Å². The van der Waals surface area contributed by atoms with E-state index in [9.17, 15) is 9.59 Å². The second-order valence-electron chi connectivity index (χ2n) is 7.33. The summed E-state index contributed by atoms with van der Waals surface area (Å²) in [6.45, 7) is 4.07. The molecule has 0 spiro atoms. The van der Waals surface area contributed by atoms with Gasteiger partial charge in [-0.05, 0) is 30.3 Å². The summed E-state index contributed by atoms with van der Waals surface area (Å²) in [6, 6.07) is 10.1. The number of pyridine rings is 1. The molecule has 3 aromatic rings. The van der Waals surface area contributed by atoms with Crippen LogP contribution in [0.2, 0.25) is 0 Å². The van der Waals surface area contributed by atoms with E-state index in [2.05, 4.69) is 32.9 Å². The molecule has 3 heterocycles. The Labute approximate surface area is 167 Å². The molecular weight excluding hydrogens is 372 g/mol. The van der Waals surface area contributed by atoms with E-state index in [4.69, 9.17) is 4.74 Å². The molecule has 1 aliphatic rings. The molecule has 2 N–H and O–H groups in total. The normalized spacial score (nSPS) is 14.7. The smallest absolute Gasteiger partial charge is 0.277 e. The van der Waals surface area contributed by atoms with Crippen LogP contribution in [0.4, 0.5) is 11.4 Å². The predicted molar refractivity (Wildman–Crippen MR) is 106 cm³/mol. The highest BCUT2D eigenvalue weighted by molar-refractivity contribution is 6.06. The number of hydrogen-bond donors (Lipinski definition) is 2. The number of benzene rings is 1. The summed E-state index contributed by atoms with van der Waals surface area (Å²) in [6.07, 6.45) is 4.80. The number of carbonyl (C=O) groups excluding carboxylic acids is 2. The van der Waals surface area contributed by atoms with E-state index in [1.165, 1.54) is 0 Å². The van der Waals surface area contributed by atoms with Gasteiger partial charge in [-0.3, -0.25) is 19.3 Å². The molecule has 1 aromatic carbocycles. The highest BCUT2D eigenvalue weighted by Gasteiger charge is 2.34. The lowest BCUT2D eigenvalue weighted by Crippen LogP contribution is -2.43. The summed E-state index contributed by atoms with van der Waals surface area (Å²) in [4.78, 5) is 28.8. The molecule has 9 nitrogen and oxygen atoms in total. The maximum absolute atomic E-state index is 12.5. The fourth-order valence-electron chi connectivity index (χ4n) is 2.98. The standard InChI is InChI=1S/C20H20N6O3/c1-20(12-29-13-20)11-26-10-17(24-25-26)19(28)23-16-4-2-3-14(9-16)18(27)22-15-5-7-21-8-6-15/h2-10H,11-13H2,1H3,(H,23,28)(H,21,22,27). The van der Waals surface area contributed by atoms with Crippen LogP contribution in [0, 0.1) is 5.41 Å². The number of nitrogens with one attached hydrogen (secondary N) is 2. The first-order valence-electron chi connectivity index (χ1n) is 9.11. The third-order valence-corrected chi connectivity index (χ3v) is 4.54. The van der Waals surface area contributed by atoms with Crippen LogP contribution in [0.25, 0.3) is 0 Å². The number of nitrogens with zero attached hydrogens (tertiary/aromatic N) is 4. The van der Waals surface area contributed by atoms with Crippen molar-refractivity contribution < 1.29 is 14.3 Å². The Balaban J connectivity index is 1.40. The van der Waals surface area contributed by atoms with Crippen LogP contribution >= 0.6 is 0 Å². The summed E-state index contributed by atoms with van der Waals surface area (Å²) in [5, 5.41) is 13.5. The van der Waals surface area contributed by atoms with Crippen LogP contribution in [0.15, 0.2) is 55.0 Å². The van der Waals surface area contributed by atoms with Gasteiger partial charge in [0.1, 0.15) is 0 Å². The fourth-order valence-corrected chi connectivity index (χ4v) is 2.98. The Morgan fingerprint density at radius 2 is 1.86 bits per heavy atom. The van der Waals surface area contributed by atoms with Crippen LogP contribution in [-0.4, -0.2) is 45.0 Å². The van der Waals surface area contributed by atoms with E-state index in [-0.39, 0.29) is 17.0 Å². The number of rotatable bonds is 6. The molecule has 1 aliphatic heterocycles. The van der Waals surface area contributed by atoms with Gasteiger partial charge in [0.15, 0.2) is 5.69 Å². The van der Waals surface area contributed by atoms with Crippen LogP contribution in [0.3, 0.4) is 0 Å². The van der Waals surface area contributed by atoms with Crippen molar-refractivity contribution in [3.8, 4) is 0 Å². The first-order chi connectivity index (χ1) is 14.0. The van der Waals surface area contributed by atoms with Crippen molar-refractivity contribution in [2.75, 3.05) is 23.8 Å². The maximum Gasteiger partial charge on any atom is 0.277 e. The SMILES string of the molecule is CC1(Cn2cc(C(=O)Nc3cccc(C(=O)Nc4ccncc4)c3)nn2)COC1. The van der Waals surface area contributed by atoms with E-state index in [1.54, 1.807) is 59.7 Å². The van der Waals surface area contributed by atoms with E-state index < -0.39 is 5.91 Å². The predicted octanol–water partition coefficient (Wildman–Crippen LogP) is 2.21. The monoisotopic (exact) mass is 392 g/mol. The van der Waals surface area contributed by atoms with Gasteiger partial charge in [-0.2, -0.15) is 0 Å². The van der Waals surface area contributed by atoms with E-state index >= 15 is 0 Å². The highest BCUT2D eigenvalue weighted by atomic mass is 16.5. The van der Waals surface area contributed by atoms with Crippen molar-refractivity contribution in [1.29, 1.82) is 0 Å². The van der Waals surface area contributed by atoms with Gasteiger partial charge in [0.2, 0.25) is 0 Å². The second kappa shape index (κ2) is 7.80. The summed E-state index contributed by atoms with van der Waals surface area (Å²) in [5.74, 6) is -0.674. The Hall–Kier alpha value is -3.59. The second-order valence-corrected chi connectivity index (χ2v) is 7.33. The Morgan fingerprint density at radius 1 is 1.10 bits per heavy atom. The van der Waals surface area contributed by atoms with Crippen LogP contribution in [0.1, 0.15) is 27.8 Å². The molecule has 0 radical (unpaired) electrons. The Bertz CT molecular complexity index is 1030. The molecule has 0 atom stereocenters. The molecule has 4 rings (SSSR count). The Kier molecular flexibility index (Phi) is 5.05. The van der Waals surface area contributed by atoms with E-state index in [0.29, 0.717) is 36.7 Å². The minimum Gasteiger partial charge on any atom is -0.380 e. The van der Waals surface area contributed by atoms with Gasteiger partial charge >= 0.3 is 0 Å². The topological polar surface area (TPSA) is 111 Å². The zero-order valence-corrected chi connectivity index (χ0v) is 15.8. The third-order valence-electron chi connectivity index (χ3n) is 4.54. The molecular formula is C20H20N6O3. The molecule has 0 saturated carbocycles. The average molecular weight is 392 g/mol. The number of anilines is 2. The van der Waals surface area contributed by atoms with Gasteiger partial charge in [-0.15, -0.1) is 5.10 Å². The first kappa shape index (κ1) is 18.8. The van der Waals surface area contributed by atoms with Crippen LogP contribution in [-0.2, 0) is 11.3 Å². The zero-order chi connectivity index (χ0) is 20.3. The molecule has 1 saturated heterocycles. The van der Waals surface area contributed by atoms with Gasteiger partial charge in [-0.1, -0.05) is 18.2 Å². The van der Waals surface area contributed by atoms with Crippen molar-refractivity contribution in [2.24, 2.45) is 5.41 Å². The van der Waals surface area contributed by atoms with Crippen molar-refractivity contribution in [3.63, 3.8) is 0 Å². The van der Waals surface area contributed by atoms with Gasteiger partial charge in [0, 0.05) is 34.7 Å². The van der Waals surface area contributed by atoms with Gasteiger partial charge < -0.3 is 15.4 Å². The Morgan fingerprint density at radius 3 is 2.59 bits per heavy atom. The first-order valence-corrected chi connectivity index (χ1v) is 9.11. The highest BCUT2D eigenvalue weighted by Crippen LogP contribution is 2.28. The quantitative estimate of drug-likeness (QED) is 0.665. The molecule has 29 heavy (non-hydrogen) atoms. The third kappa shape index (κ3) is 4.46. The van der Waals surface area contributed by atoms with Crippen molar-refractivity contribution in [3.05, 3.63) is 66.2 Å². The van der Waals surface area contributed by atoms with Crippen LogP contribution < -0.4 is 10.6 Å². The van der Waals surface area contributed by atoms with E-state index in [1.807, 2.05) is 0 Å². The van der Waals surface area contributed by atoms with E-state index in [0.717, 1.165) is 0 Å². The summed E-state index contributed by atoms with van der Waals surface area (Å²) in [7, 11) is 0. The molecule has 9 heteroatoms. The van der Waals surface area contributed by atoms with Crippen LogP contribution in [0.5, 0.6) is 0 Å². The van der Waals surface area contributed by atoms with Gasteiger partial charge in [0.05, 0.1) is 26.0 Å². The minimum absolute atomic E-state index is 0.0257. The lowest BCUT2D eigenvalue weighted by molar-refractivity contribution is -0.111. The average Bonchev–Trinajstić information content (AvgIpc) is 3.16. The van der Waals surface area contributed by atoms with Gasteiger partial charge in [-0.25, -0.2) is 0 Å². The largest absolute Gasteiger partial charge is 0.380 e. The molecule has 1 fully saturated rings. The number of ether oxygens (including phenoxy) is 1. The number of amides is 2. The van der Waals surface area contributed by atoms with Crippen molar-refractivity contribution in [2.45, 2.75) is 13.5 Å². The number of carbonyl (C=O) groups is 2. The summed E-state index contributed by atoms with van der Waals surface area (Å²) in [5.41, 5.74) is 1.78. The van der Waals surface area contributed by atoms with Crippen molar-refractivity contribution in [1.82, 2.24) is 20.0 Å². The molecule has 0 unspecified atom stereocenters. The molecule has 2 amide bonds. The number of aromatic nitrogens is 4.